The van der Waals surface area contributed by atoms with Crippen molar-refractivity contribution in [2.45, 2.75) is 38.7 Å². The van der Waals surface area contributed by atoms with Crippen molar-refractivity contribution in [1.29, 1.82) is 0 Å². The molecule has 0 bridgehead atoms. The topological polar surface area (TPSA) is 29.5 Å². The molecule has 0 saturated heterocycles. The van der Waals surface area contributed by atoms with Crippen LogP contribution in [-0.4, -0.2) is 12.2 Å². The Bertz CT molecular complexity index is 563. The Hall–Kier alpha value is -1.80. The third-order valence-electron chi connectivity index (χ3n) is 3.77. The molecule has 0 amide bonds. The molecule has 0 heterocycles. The minimum atomic E-state index is -0.346. The molecule has 112 valence electrons. The van der Waals surface area contributed by atoms with E-state index >= 15 is 0 Å². The molecule has 0 aliphatic rings. The fraction of sp³-hybridized carbons (Fsp3) is 0.368. The van der Waals surface area contributed by atoms with Crippen molar-refractivity contribution < 1.29 is 9.84 Å². The SMILES string of the molecule is CCCC(O)c1cccc(CCc2ccccc2OC)c1. The van der Waals surface area contributed by atoms with Crippen LogP contribution < -0.4 is 4.74 Å². The van der Waals surface area contributed by atoms with E-state index in [4.69, 9.17) is 4.74 Å². The largest absolute Gasteiger partial charge is 0.496 e. The third-order valence-corrected chi connectivity index (χ3v) is 3.77. The first-order valence-corrected chi connectivity index (χ1v) is 7.63. The zero-order valence-electron chi connectivity index (χ0n) is 12.9. The Kier molecular flexibility index (Phi) is 5.82. The Morgan fingerprint density at radius 2 is 1.86 bits per heavy atom. The molecule has 1 N–H and O–H groups in total. The average molecular weight is 284 g/mol. The zero-order chi connectivity index (χ0) is 15.1. The maximum absolute atomic E-state index is 10.1. The number of ether oxygens (including phenoxy) is 1. The highest BCUT2D eigenvalue weighted by Crippen LogP contribution is 2.22. The summed E-state index contributed by atoms with van der Waals surface area (Å²) in [5, 5.41) is 10.1. The zero-order valence-corrected chi connectivity index (χ0v) is 12.9. The minimum absolute atomic E-state index is 0.346. The molecule has 1 unspecified atom stereocenters. The van der Waals surface area contributed by atoms with Crippen molar-refractivity contribution in [3.8, 4) is 5.75 Å². The molecule has 0 aliphatic heterocycles. The summed E-state index contributed by atoms with van der Waals surface area (Å²) < 4.78 is 5.39. The lowest BCUT2D eigenvalue weighted by atomic mass is 9.99. The first-order chi connectivity index (χ1) is 10.2. The fourth-order valence-corrected chi connectivity index (χ4v) is 2.58. The highest BCUT2D eigenvalue weighted by atomic mass is 16.5. The van der Waals surface area contributed by atoms with Crippen LogP contribution in [0.15, 0.2) is 48.5 Å². The van der Waals surface area contributed by atoms with E-state index in [9.17, 15) is 5.11 Å². The van der Waals surface area contributed by atoms with Crippen molar-refractivity contribution in [1.82, 2.24) is 0 Å². The molecule has 21 heavy (non-hydrogen) atoms. The highest BCUT2D eigenvalue weighted by Gasteiger charge is 2.07. The lowest BCUT2D eigenvalue weighted by molar-refractivity contribution is 0.166. The summed E-state index contributed by atoms with van der Waals surface area (Å²) in [6.45, 7) is 2.09. The average Bonchev–Trinajstić information content (AvgIpc) is 2.53. The van der Waals surface area contributed by atoms with Gasteiger partial charge in [0.05, 0.1) is 13.2 Å². The molecule has 1 atom stereocenters. The number of para-hydroxylation sites is 1. The monoisotopic (exact) mass is 284 g/mol. The molecule has 0 spiro atoms. The number of hydrogen-bond donors (Lipinski definition) is 1. The molecule has 2 heteroatoms. The number of aliphatic hydroxyl groups is 1. The summed E-state index contributed by atoms with van der Waals surface area (Å²) in [6.07, 6.45) is 3.36. The van der Waals surface area contributed by atoms with Gasteiger partial charge < -0.3 is 9.84 Å². The lowest BCUT2D eigenvalue weighted by Crippen LogP contribution is -1.99. The molecule has 2 aromatic rings. The van der Waals surface area contributed by atoms with Crippen molar-refractivity contribution in [3.05, 3.63) is 65.2 Å². The van der Waals surface area contributed by atoms with Crippen LogP contribution in [0.2, 0.25) is 0 Å². The summed E-state index contributed by atoms with van der Waals surface area (Å²) >= 11 is 0. The molecule has 0 fully saturated rings. The van der Waals surface area contributed by atoms with E-state index in [1.54, 1.807) is 7.11 Å². The predicted molar refractivity (Wildman–Crippen MR) is 86.7 cm³/mol. The molecule has 0 radical (unpaired) electrons. The Morgan fingerprint density at radius 3 is 2.62 bits per heavy atom. The van der Waals surface area contributed by atoms with Gasteiger partial charge in [0.15, 0.2) is 0 Å². The van der Waals surface area contributed by atoms with Crippen LogP contribution in [0, 0.1) is 0 Å². The van der Waals surface area contributed by atoms with Gasteiger partial charge in [-0.15, -0.1) is 0 Å². The number of hydrogen-bond acceptors (Lipinski definition) is 2. The van der Waals surface area contributed by atoms with Crippen molar-refractivity contribution in [2.75, 3.05) is 7.11 Å². The van der Waals surface area contributed by atoms with Crippen LogP contribution in [0.4, 0.5) is 0 Å². The van der Waals surface area contributed by atoms with E-state index in [0.717, 1.165) is 37.0 Å². The number of aliphatic hydroxyl groups excluding tert-OH is 1. The van der Waals surface area contributed by atoms with E-state index < -0.39 is 0 Å². The maximum Gasteiger partial charge on any atom is 0.122 e. The normalized spacial score (nSPS) is 12.1. The van der Waals surface area contributed by atoms with Gasteiger partial charge in [0.25, 0.3) is 0 Å². The number of methoxy groups -OCH3 is 1. The van der Waals surface area contributed by atoms with Gasteiger partial charge in [-0.05, 0) is 42.0 Å². The molecule has 2 aromatic carbocycles. The van der Waals surface area contributed by atoms with Gasteiger partial charge in [0, 0.05) is 0 Å². The summed E-state index contributed by atoms with van der Waals surface area (Å²) in [7, 11) is 1.71. The molecular formula is C19H24O2. The molecule has 0 aromatic heterocycles. The van der Waals surface area contributed by atoms with Gasteiger partial charge in [-0.25, -0.2) is 0 Å². The molecule has 2 rings (SSSR count). The van der Waals surface area contributed by atoms with Crippen LogP contribution in [0.1, 0.15) is 42.6 Å². The van der Waals surface area contributed by atoms with Gasteiger partial charge in [-0.3, -0.25) is 0 Å². The number of aryl methyl sites for hydroxylation is 2. The van der Waals surface area contributed by atoms with Crippen molar-refractivity contribution in [3.63, 3.8) is 0 Å². The van der Waals surface area contributed by atoms with Gasteiger partial charge >= 0.3 is 0 Å². The second kappa shape index (κ2) is 7.84. The Labute approximate surface area is 127 Å². The van der Waals surface area contributed by atoms with Gasteiger partial charge in [0.2, 0.25) is 0 Å². The van der Waals surface area contributed by atoms with Gasteiger partial charge in [-0.2, -0.15) is 0 Å². The van der Waals surface area contributed by atoms with E-state index in [1.165, 1.54) is 11.1 Å². The van der Waals surface area contributed by atoms with E-state index in [0.29, 0.717) is 0 Å². The summed E-state index contributed by atoms with van der Waals surface area (Å²) in [5.74, 6) is 0.944. The number of benzene rings is 2. The van der Waals surface area contributed by atoms with Crippen LogP contribution in [0.25, 0.3) is 0 Å². The van der Waals surface area contributed by atoms with Crippen molar-refractivity contribution in [2.24, 2.45) is 0 Å². The van der Waals surface area contributed by atoms with Crippen LogP contribution >= 0.6 is 0 Å². The molecule has 2 nitrogen and oxygen atoms in total. The molecule has 0 aliphatic carbocycles. The maximum atomic E-state index is 10.1. The van der Waals surface area contributed by atoms with Gasteiger partial charge in [-0.1, -0.05) is 55.8 Å². The van der Waals surface area contributed by atoms with E-state index in [1.807, 2.05) is 30.3 Å². The first-order valence-electron chi connectivity index (χ1n) is 7.63. The molecular weight excluding hydrogens is 260 g/mol. The number of rotatable bonds is 7. The summed E-state index contributed by atoms with van der Waals surface area (Å²) in [4.78, 5) is 0. The summed E-state index contributed by atoms with van der Waals surface area (Å²) in [5.41, 5.74) is 3.50. The fourth-order valence-electron chi connectivity index (χ4n) is 2.58. The summed E-state index contributed by atoms with van der Waals surface area (Å²) in [6, 6.07) is 16.4. The van der Waals surface area contributed by atoms with Gasteiger partial charge in [0.1, 0.15) is 5.75 Å². The molecule has 0 saturated carbocycles. The van der Waals surface area contributed by atoms with E-state index in [2.05, 4.69) is 25.1 Å². The van der Waals surface area contributed by atoms with Crippen LogP contribution in [-0.2, 0) is 12.8 Å². The smallest absolute Gasteiger partial charge is 0.122 e. The minimum Gasteiger partial charge on any atom is -0.496 e. The quantitative estimate of drug-likeness (QED) is 0.820. The first kappa shape index (κ1) is 15.6. The van der Waals surface area contributed by atoms with Crippen LogP contribution in [0.5, 0.6) is 5.75 Å². The predicted octanol–water partition coefficient (Wildman–Crippen LogP) is 4.31. The highest BCUT2D eigenvalue weighted by molar-refractivity contribution is 5.34. The standard InChI is InChI=1S/C19H24O2/c1-3-7-18(20)17-10-6-8-15(14-17)12-13-16-9-4-5-11-19(16)21-2/h4-6,8-11,14,18,20H,3,7,12-13H2,1-2H3. The van der Waals surface area contributed by atoms with E-state index in [-0.39, 0.29) is 6.10 Å². The second-order valence-electron chi connectivity index (χ2n) is 5.36. The Morgan fingerprint density at radius 1 is 1.05 bits per heavy atom. The second-order valence-corrected chi connectivity index (χ2v) is 5.36. The third kappa shape index (κ3) is 4.33. The van der Waals surface area contributed by atoms with Crippen molar-refractivity contribution >= 4 is 0 Å². The van der Waals surface area contributed by atoms with Crippen LogP contribution in [0.3, 0.4) is 0 Å². The Balaban J connectivity index is 2.05. The lowest BCUT2D eigenvalue weighted by Gasteiger charge is -2.12.